The van der Waals surface area contributed by atoms with Crippen LogP contribution in [0, 0.1) is 10.8 Å². The number of carbonyl (C=O) groups is 1. The van der Waals surface area contributed by atoms with E-state index in [1.54, 1.807) is 0 Å². The smallest absolute Gasteiger partial charge is 0.169 e. The number of carbonyl (C=O) groups excluding carboxylic acids is 1. The second kappa shape index (κ2) is 3.18. The fraction of sp³-hybridized carbons (Fsp3) is 0.833. The molecule has 0 N–H and O–H groups in total. The third kappa shape index (κ3) is 1.51. The van der Waals surface area contributed by atoms with Crippen molar-refractivity contribution in [2.75, 3.05) is 0 Å². The first kappa shape index (κ1) is 11.4. The van der Waals surface area contributed by atoms with Gasteiger partial charge in [0.15, 0.2) is 5.78 Å². The van der Waals surface area contributed by atoms with Crippen LogP contribution in [-0.2, 0) is 4.79 Å². The fourth-order valence-electron chi connectivity index (χ4n) is 1.89. The maximum atomic E-state index is 12.2. The zero-order valence-electron chi connectivity index (χ0n) is 10.1. The number of hydrogen-bond donors (Lipinski definition) is 0. The number of rotatable bonds is 1. The summed E-state index contributed by atoms with van der Waals surface area (Å²) >= 11 is 0. The highest BCUT2D eigenvalue weighted by atomic mass is 16.1. The van der Waals surface area contributed by atoms with Crippen molar-refractivity contribution in [3.05, 3.63) is 0 Å². The van der Waals surface area contributed by atoms with E-state index in [0.29, 0.717) is 5.78 Å². The lowest BCUT2D eigenvalue weighted by atomic mass is 9.74. The van der Waals surface area contributed by atoms with Gasteiger partial charge in [0.1, 0.15) is 6.04 Å². The Morgan fingerprint density at radius 2 is 1.93 bits per heavy atom. The molecule has 0 spiro atoms. The Morgan fingerprint density at radius 3 is 2.14 bits per heavy atom. The van der Waals surface area contributed by atoms with Gasteiger partial charge in [-0.3, -0.25) is 9.79 Å². The van der Waals surface area contributed by atoms with Crippen molar-refractivity contribution in [3.63, 3.8) is 0 Å². The molecule has 1 aliphatic rings. The lowest BCUT2D eigenvalue weighted by Crippen LogP contribution is -2.38. The Kier molecular flexibility index (Phi) is 2.59. The molecule has 80 valence electrons. The summed E-state index contributed by atoms with van der Waals surface area (Å²) in [5.41, 5.74) is 0.647. The zero-order chi connectivity index (χ0) is 11.1. The molecule has 0 bridgehead atoms. The van der Waals surface area contributed by atoms with Gasteiger partial charge in [-0.1, -0.05) is 27.7 Å². The van der Waals surface area contributed by atoms with Gasteiger partial charge in [0.05, 0.1) is 5.41 Å². The van der Waals surface area contributed by atoms with Gasteiger partial charge < -0.3 is 0 Å². The molecular formula is C12H21NO. The average molecular weight is 195 g/mol. The lowest BCUT2D eigenvalue weighted by molar-refractivity contribution is -0.126. The summed E-state index contributed by atoms with van der Waals surface area (Å²) in [5, 5.41) is 0. The topological polar surface area (TPSA) is 29.4 Å². The van der Waals surface area contributed by atoms with Crippen molar-refractivity contribution in [1.29, 1.82) is 0 Å². The fourth-order valence-corrected chi connectivity index (χ4v) is 1.89. The molecular weight excluding hydrogens is 174 g/mol. The predicted molar refractivity (Wildman–Crippen MR) is 59.8 cm³/mol. The molecule has 0 amide bonds. The highest BCUT2D eigenvalue weighted by Crippen LogP contribution is 2.39. The maximum Gasteiger partial charge on any atom is 0.169 e. The first-order chi connectivity index (χ1) is 6.23. The van der Waals surface area contributed by atoms with Crippen molar-refractivity contribution in [2.24, 2.45) is 15.8 Å². The molecule has 0 radical (unpaired) electrons. The van der Waals surface area contributed by atoms with Gasteiger partial charge >= 0.3 is 0 Å². The predicted octanol–water partition coefficient (Wildman–Crippen LogP) is 2.86. The molecule has 2 unspecified atom stereocenters. The summed E-state index contributed by atoms with van der Waals surface area (Å²) in [7, 11) is 0. The molecule has 0 saturated heterocycles. The van der Waals surface area contributed by atoms with Crippen LogP contribution in [0.2, 0.25) is 0 Å². The Hall–Kier alpha value is -0.660. The summed E-state index contributed by atoms with van der Waals surface area (Å²) < 4.78 is 0. The Balaban J connectivity index is 3.07. The SMILES string of the molecule is CCC1(C)C(=O)C(C(C)(C)C)N=C1C. The van der Waals surface area contributed by atoms with E-state index < -0.39 is 0 Å². The molecule has 1 aliphatic heterocycles. The van der Waals surface area contributed by atoms with Gasteiger partial charge in [-0.2, -0.15) is 0 Å². The molecule has 0 fully saturated rings. The van der Waals surface area contributed by atoms with Gasteiger partial charge in [0.25, 0.3) is 0 Å². The van der Waals surface area contributed by atoms with E-state index in [-0.39, 0.29) is 16.9 Å². The Morgan fingerprint density at radius 1 is 1.43 bits per heavy atom. The normalized spacial score (nSPS) is 33.4. The van der Waals surface area contributed by atoms with E-state index in [1.807, 2.05) is 13.8 Å². The van der Waals surface area contributed by atoms with E-state index in [9.17, 15) is 4.79 Å². The van der Waals surface area contributed by atoms with Gasteiger partial charge in [0, 0.05) is 5.71 Å². The van der Waals surface area contributed by atoms with Crippen molar-refractivity contribution < 1.29 is 4.79 Å². The summed E-state index contributed by atoms with van der Waals surface area (Å²) in [5.74, 6) is 0.296. The highest BCUT2D eigenvalue weighted by Gasteiger charge is 2.48. The second-order valence-electron chi connectivity index (χ2n) is 5.53. The van der Waals surface area contributed by atoms with Gasteiger partial charge in [-0.25, -0.2) is 0 Å². The van der Waals surface area contributed by atoms with Crippen LogP contribution in [-0.4, -0.2) is 17.5 Å². The summed E-state index contributed by atoms with van der Waals surface area (Å²) in [4.78, 5) is 16.7. The highest BCUT2D eigenvalue weighted by molar-refractivity contribution is 6.15. The number of nitrogens with zero attached hydrogens (tertiary/aromatic N) is 1. The molecule has 14 heavy (non-hydrogen) atoms. The summed E-state index contributed by atoms with van der Waals surface area (Å²) in [6.45, 7) is 12.3. The molecule has 2 heteroatoms. The van der Waals surface area contributed by atoms with Crippen LogP contribution in [0.1, 0.15) is 48.0 Å². The molecule has 0 aromatic rings. The Bertz CT molecular complexity index is 285. The minimum absolute atomic E-state index is 0.0503. The zero-order valence-corrected chi connectivity index (χ0v) is 10.1. The van der Waals surface area contributed by atoms with Crippen LogP contribution >= 0.6 is 0 Å². The van der Waals surface area contributed by atoms with Crippen LogP contribution in [0.5, 0.6) is 0 Å². The van der Waals surface area contributed by atoms with Gasteiger partial charge in [0.2, 0.25) is 0 Å². The molecule has 1 rings (SSSR count). The van der Waals surface area contributed by atoms with Gasteiger partial charge in [-0.15, -0.1) is 0 Å². The number of hydrogen-bond acceptors (Lipinski definition) is 2. The largest absolute Gasteiger partial charge is 0.296 e. The van der Waals surface area contributed by atoms with E-state index in [2.05, 4.69) is 32.7 Å². The number of aliphatic imine (C=N–C) groups is 1. The van der Waals surface area contributed by atoms with Crippen LogP contribution in [0.4, 0.5) is 0 Å². The van der Waals surface area contributed by atoms with Crippen molar-refractivity contribution >= 4 is 11.5 Å². The quantitative estimate of drug-likeness (QED) is 0.632. The van der Waals surface area contributed by atoms with Crippen molar-refractivity contribution in [2.45, 2.75) is 54.0 Å². The molecule has 0 aromatic carbocycles. The molecule has 2 nitrogen and oxygen atoms in total. The average Bonchev–Trinajstić information content (AvgIpc) is 2.29. The van der Waals surface area contributed by atoms with E-state index in [0.717, 1.165) is 12.1 Å². The number of ketones is 1. The standard InChI is InChI=1S/C12H21NO/c1-7-12(6)8(2)13-9(10(12)14)11(3,4)5/h9H,7H2,1-6H3. The molecule has 0 aliphatic carbocycles. The first-order valence-electron chi connectivity index (χ1n) is 5.32. The van der Waals surface area contributed by atoms with E-state index in [1.165, 1.54) is 0 Å². The van der Waals surface area contributed by atoms with Gasteiger partial charge in [-0.05, 0) is 25.7 Å². The third-order valence-corrected chi connectivity index (χ3v) is 3.44. The van der Waals surface area contributed by atoms with Crippen LogP contribution in [0.25, 0.3) is 0 Å². The van der Waals surface area contributed by atoms with Crippen LogP contribution in [0.15, 0.2) is 4.99 Å². The molecule has 1 heterocycles. The first-order valence-corrected chi connectivity index (χ1v) is 5.32. The minimum Gasteiger partial charge on any atom is -0.296 e. The molecule has 0 aromatic heterocycles. The van der Waals surface area contributed by atoms with E-state index in [4.69, 9.17) is 0 Å². The second-order valence-corrected chi connectivity index (χ2v) is 5.53. The van der Waals surface area contributed by atoms with E-state index >= 15 is 0 Å². The van der Waals surface area contributed by atoms with Crippen molar-refractivity contribution in [1.82, 2.24) is 0 Å². The van der Waals surface area contributed by atoms with Crippen LogP contribution < -0.4 is 0 Å². The molecule has 0 saturated carbocycles. The monoisotopic (exact) mass is 195 g/mol. The summed E-state index contributed by atoms with van der Waals surface area (Å²) in [6.07, 6.45) is 0.855. The Labute approximate surface area is 86.8 Å². The summed E-state index contributed by atoms with van der Waals surface area (Å²) in [6, 6.07) is -0.146. The number of Topliss-reactive ketones (excluding diaryl/α,β-unsaturated/α-hetero) is 1. The maximum absolute atomic E-state index is 12.2. The third-order valence-electron chi connectivity index (χ3n) is 3.44. The van der Waals surface area contributed by atoms with Crippen LogP contribution in [0.3, 0.4) is 0 Å². The molecule has 2 atom stereocenters. The van der Waals surface area contributed by atoms with Crippen molar-refractivity contribution in [3.8, 4) is 0 Å². The lowest BCUT2D eigenvalue weighted by Gasteiger charge is -2.27. The minimum atomic E-state index is -0.308.